The lowest BCUT2D eigenvalue weighted by molar-refractivity contribution is 0.276. The number of aromatic nitrogens is 1. The molecule has 2 rings (SSSR count). The van der Waals surface area contributed by atoms with Crippen molar-refractivity contribution in [3.8, 4) is 0 Å². The Labute approximate surface area is 96.3 Å². The van der Waals surface area contributed by atoms with Crippen LogP contribution in [0.4, 0.5) is 6.01 Å². The summed E-state index contributed by atoms with van der Waals surface area (Å²) in [6, 6.07) is 1.15. The van der Waals surface area contributed by atoms with E-state index in [4.69, 9.17) is 9.52 Å². The van der Waals surface area contributed by atoms with E-state index in [1.165, 1.54) is 31.9 Å². The van der Waals surface area contributed by atoms with Crippen molar-refractivity contribution < 1.29 is 9.52 Å². The zero-order valence-corrected chi connectivity index (χ0v) is 10.0. The van der Waals surface area contributed by atoms with Crippen molar-refractivity contribution in [3.05, 3.63) is 12.0 Å². The molecule has 1 aliphatic rings. The van der Waals surface area contributed by atoms with Crippen LogP contribution in [0.2, 0.25) is 0 Å². The largest absolute Gasteiger partial charge is 0.432 e. The third-order valence-corrected chi connectivity index (χ3v) is 3.46. The van der Waals surface area contributed by atoms with E-state index in [9.17, 15) is 0 Å². The predicted molar refractivity (Wildman–Crippen MR) is 62.2 cm³/mol. The number of hydrogen-bond acceptors (Lipinski definition) is 4. The SMILES string of the molecule is CC1CCCC(N(C)c2nc(CO)co2)C1. The Bertz CT molecular complexity index is 338. The Balaban J connectivity index is 2.02. The molecule has 4 heteroatoms. The summed E-state index contributed by atoms with van der Waals surface area (Å²) in [7, 11) is 2.02. The molecule has 1 heterocycles. The van der Waals surface area contributed by atoms with Crippen LogP contribution in [0.1, 0.15) is 38.3 Å². The van der Waals surface area contributed by atoms with Gasteiger partial charge >= 0.3 is 0 Å². The molecule has 2 atom stereocenters. The predicted octanol–water partition coefficient (Wildman–Crippen LogP) is 2.18. The molecule has 4 nitrogen and oxygen atoms in total. The van der Waals surface area contributed by atoms with Gasteiger partial charge in [0, 0.05) is 13.1 Å². The first-order valence-electron chi connectivity index (χ1n) is 5.98. The molecule has 1 saturated carbocycles. The lowest BCUT2D eigenvalue weighted by Gasteiger charge is -2.33. The molecule has 0 saturated heterocycles. The highest BCUT2D eigenvalue weighted by Gasteiger charge is 2.24. The van der Waals surface area contributed by atoms with Crippen LogP contribution in [-0.4, -0.2) is 23.2 Å². The van der Waals surface area contributed by atoms with Gasteiger partial charge in [-0.15, -0.1) is 0 Å². The summed E-state index contributed by atoms with van der Waals surface area (Å²) in [4.78, 5) is 6.34. The fraction of sp³-hybridized carbons (Fsp3) is 0.750. The molecule has 16 heavy (non-hydrogen) atoms. The van der Waals surface area contributed by atoms with Crippen molar-refractivity contribution in [1.82, 2.24) is 4.98 Å². The van der Waals surface area contributed by atoms with Crippen LogP contribution < -0.4 is 4.90 Å². The molecule has 2 unspecified atom stereocenters. The molecular weight excluding hydrogens is 204 g/mol. The molecule has 0 amide bonds. The molecule has 1 aromatic rings. The molecule has 1 aliphatic carbocycles. The molecule has 1 aromatic heterocycles. The van der Waals surface area contributed by atoms with Crippen LogP contribution in [-0.2, 0) is 6.61 Å². The molecule has 0 aromatic carbocycles. The Morgan fingerprint density at radius 3 is 3.00 bits per heavy atom. The smallest absolute Gasteiger partial charge is 0.297 e. The first-order valence-corrected chi connectivity index (χ1v) is 5.98. The maximum absolute atomic E-state index is 8.94. The lowest BCUT2D eigenvalue weighted by atomic mass is 9.86. The van der Waals surface area contributed by atoms with E-state index in [-0.39, 0.29) is 6.61 Å². The number of anilines is 1. The van der Waals surface area contributed by atoms with Gasteiger partial charge in [-0.2, -0.15) is 4.98 Å². The van der Waals surface area contributed by atoms with Crippen molar-refractivity contribution >= 4 is 6.01 Å². The Kier molecular flexibility index (Phi) is 3.49. The van der Waals surface area contributed by atoms with E-state index in [2.05, 4.69) is 16.8 Å². The van der Waals surface area contributed by atoms with Crippen molar-refractivity contribution in [2.45, 2.75) is 45.3 Å². The second-order valence-electron chi connectivity index (χ2n) is 4.82. The van der Waals surface area contributed by atoms with Crippen LogP contribution in [0.15, 0.2) is 10.7 Å². The third-order valence-electron chi connectivity index (χ3n) is 3.46. The fourth-order valence-corrected chi connectivity index (χ4v) is 2.44. The lowest BCUT2D eigenvalue weighted by Crippen LogP contribution is -2.35. The molecular formula is C12H20N2O2. The summed E-state index contributed by atoms with van der Waals surface area (Å²) in [5.41, 5.74) is 0.603. The van der Waals surface area contributed by atoms with Crippen LogP contribution in [0.25, 0.3) is 0 Å². The van der Waals surface area contributed by atoms with Gasteiger partial charge in [-0.1, -0.05) is 19.8 Å². The second-order valence-corrected chi connectivity index (χ2v) is 4.82. The normalized spacial score (nSPS) is 25.7. The third kappa shape index (κ3) is 2.38. The topological polar surface area (TPSA) is 49.5 Å². The van der Waals surface area contributed by atoms with Crippen LogP contribution in [0.5, 0.6) is 0 Å². The van der Waals surface area contributed by atoms with E-state index in [0.29, 0.717) is 17.8 Å². The first-order chi connectivity index (χ1) is 7.70. The summed E-state index contributed by atoms with van der Waals surface area (Å²) in [6.07, 6.45) is 6.55. The van der Waals surface area contributed by atoms with Gasteiger partial charge in [-0.25, -0.2) is 0 Å². The monoisotopic (exact) mass is 224 g/mol. The highest BCUT2D eigenvalue weighted by molar-refractivity contribution is 5.27. The van der Waals surface area contributed by atoms with Gasteiger partial charge in [0.1, 0.15) is 12.0 Å². The van der Waals surface area contributed by atoms with E-state index in [1.807, 2.05) is 7.05 Å². The molecule has 1 fully saturated rings. The standard InChI is InChI=1S/C12H20N2O2/c1-9-4-3-5-11(6-9)14(2)12-13-10(7-15)8-16-12/h8-9,11,15H,3-7H2,1-2H3. The summed E-state index contributed by atoms with van der Waals surface area (Å²) in [5.74, 6) is 0.786. The van der Waals surface area contributed by atoms with Crippen LogP contribution in [0, 0.1) is 5.92 Å². The Hall–Kier alpha value is -1.03. The second kappa shape index (κ2) is 4.87. The summed E-state index contributed by atoms with van der Waals surface area (Å²) in [6.45, 7) is 2.24. The molecule has 0 radical (unpaired) electrons. The summed E-state index contributed by atoms with van der Waals surface area (Å²) >= 11 is 0. The number of hydrogen-bond donors (Lipinski definition) is 1. The van der Waals surface area contributed by atoms with Gasteiger partial charge in [0.2, 0.25) is 0 Å². The van der Waals surface area contributed by atoms with Gasteiger partial charge in [0.05, 0.1) is 6.61 Å². The zero-order chi connectivity index (χ0) is 11.5. The van der Waals surface area contributed by atoms with Gasteiger partial charge in [-0.05, 0) is 18.8 Å². The van der Waals surface area contributed by atoms with E-state index >= 15 is 0 Å². The summed E-state index contributed by atoms with van der Waals surface area (Å²) < 4.78 is 5.36. The van der Waals surface area contributed by atoms with E-state index in [0.717, 1.165) is 5.92 Å². The number of oxazole rings is 1. The average Bonchev–Trinajstić information content (AvgIpc) is 2.76. The van der Waals surface area contributed by atoms with Crippen molar-refractivity contribution in [2.24, 2.45) is 5.92 Å². The minimum Gasteiger partial charge on any atom is -0.432 e. The maximum Gasteiger partial charge on any atom is 0.297 e. The van der Waals surface area contributed by atoms with Crippen molar-refractivity contribution in [1.29, 1.82) is 0 Å². The van der Waals surface area contributed by atoms with Gasteiger partial charge < -0.3 is 14.4 Å². The average molecular weight is 224 g/mol. The highest BCUT2D eigenvalue weighted by atomic mass is 16.4. The molecule has 90 valence electrons. The minimum absolute atomic E-state index is 0.0571. The first kappa shape index (κ1) is 11.5. The molecule has 1 N–H and O–H groups in total. The van der Waals surface area contributed by atoms with Crippen molar-refractivity contribution in [2.75, 3.05) is 11.9 Å². The Morgan fingerprint density at radius 2 is 2.38 bits per heavy atom. The maximum atomic E-state index is 8.94. The van der Waals surface area contributed by atoms with E-state index in [1.54, 1.807) is 0 Å². The number of aliphatic hydroxyl groups excluding tert-OH is 1. The van der Waals surface area contributed by atoms with E-state index < -0.39 is 0 Å². The molecule has 0 aliphatic heterocycles. The Morgan fingerprint density at radius 1 is 1.56 bits per heavy atom. The number of rotatable bonds is 3. The van der Waals surface area contributed by atoms with Crippen molar-refractivity contribution in [3.63, 3.8) is 0 Å². The van der Waals surface area contributed by atoms with Gasteiger partial charge in [-0.3, -0.25) is 0 Å². The number of nitrogens with zero attached hydrogens (tertiary/aromatic N) is 2. The van der Waals surface area contributed by atoms with Crippen LogP contribution >= 0.6 is 0 Å². The van der Waals surface area contributed by atoms with Gasteiger partial charge in [0.15, 0.2) is 0 Å². The quantitative estimate of drug-likeness (QED) is 0.855. The fourth-order valence-electron chi connectivity index (χ4n) is 2.44. The summed E-state index contributed by atoms with van der Waals surface area (Å²) in [5, 5.41) is 8.94. The molecule has 0 bridgehead atoms. The highest BCUT2D eigenvalue weighted by Crippen LogP contribution is 2.29. The van der Waals surface area contributed by atoms with Gasteiger partial charge in [0.25, 0.3) is 6.01 Å². The minimum atomic E-state index is -0.0571. The molecule has 0 spiro atoms. The zero-order valence-electron chi connectivity index (χ0n) is 10.0. The number of aliphatic hydroxyl groups is 1. The van der Waals surface area contributed by atoms with Crippen LogP contribution in [0.3, 0.4) is 0 Å².